The van der Waals surface area contributed by atoms with E-state index in [1.165, 1.54) is 11.1 Å². The van der Waals surface area contributed by atoms with Crippen molar-refractivity contribution in [3.05, 3.63) is 47.5 Å². The van der Waals surface area contributed by atoms with Gasteiger partial charge in [0.05, 0.1) is 0 Å². The molecule has 0 saturated heterocycles. The van der Waals surface area contributed by atoms with Gasteiger partial charge in [0, 0.05) is 18.3 Å². The molecule has 1 aliphatic rings. The minimum absolute atomic E-state index is 0.0575. The fourth-order valence-corrected chi connectivity index (χ4v) is 2.32. The van der Waals surface area contributed by atoms with Crippen LogP contribution in [-0.4, -0.2) is 5.78 Å². The summed E-state index contributed by atoms with van der Waals surface area (Å²) in [6.07, 6.45) is 4.37. The molecule has 0 spiro atoms. The topological polar surface area (TPSA) is 17.1 Å². The van der Waals surface area contributed by atoms with Crippen molar-refractivity contribution >= 4 is 5.78 Å². The summed E-state index contributed by atoms with van der Waals surface area (Å²) in [4.78, 5) is 11.2. The lowest BCUT2D eigenvalue weighted by atomic mass is 9.73. The summed E-state index contributed by atoms with van der Waals surface area (Å²) >= 11 is 0. The zero-order chi connectivity index (χ0) is 11.6. The third-order valence-electron chi connectivity index (χ3n) is 3.55. The van der Waals surface area contributed by atoms with E-state index in [4.69, 9.17) is 0 Å². The molecule has 0 N–H and O–H groups in total. The molecule has 1 aromatic rings. The lowest BCUT2D eigenvalue weighted by Gasteiger charge is -2.30. The van der Waals surface area contributed by atoms with E-state index in [1.54, 1.807) is 0 Å². The van der Waals surface area contributed by atoms with Crippen LogP contribution in [0.3, 0.4) is 0 Å². The average molecular weight is 214 g/mol. The van der Waals surface area contributed by atoms with Gasteiger partial charge < -0.3 is 0 Å². The number of Topliss-reactive ketones (excluding diaryl/α,β-unsaturated/α-hetero) is 1. The number of hydrogen-bond acceptors (Lipinski definition) is 1. The third-order valence-corrected chi connectivity index (χ3v) is 3.55. The molecule has 1 aliphatic carbocycles. The fourth-order valence-electron chi connectivity index (χ4n) is 2.32. The highest BCUT2D eigenvalue weighted by Gasteiger charge is 2.27. The van der Waals surface area contributed by atoms with Crippen LogP contribution in [0.25, 0.3) is 0 Å². The molecule has 0 aliphatic heterocycles. The average Bonchev–Trinajstić information content (AvgIpc) is 2.31. The number of rotatable bonds is 2. The van der Waals surface area contributed by atoms with Gasteiger partial charge >= 0.3 is 0 Å². The van der Waals surface area contributed by atoms with E-state index in [0.29, 0.717) is 18.6 Å². The Labute approximate surface area is 97.2 Å². The van der Waals surface area contributed by atoms with Crippen LogP contribution in [0.4, 0.5) is 0 Å². The van der Waals surface area contributed by atoms with Gasteiger partial charge in [0.1, 0.15) is 5.78 Å². The van der Waals surface area contributed by atoms with E-state index in [1.807, 2.05) is 6.07 Å². The monoisotopic (exact) mass is 214 g/mol. The van der Waals surface area contributed by atoms with E-state index >= 15 is 0 Å². The Morgan fingerprint density at radius 3 is 2.31 bits per heavy atom. The first-order valence-corrected chi connectivity index (χ1v) is 5.87. The molecule has 0 aromatic heterocycles. The second kappa shape index (κ2) is 4.25. The minimum Gasteiger partial charge on any atom is -0.299 e. The molecule has 0 amide bonds. The van der Waals surface area contributed by atoms with E-state index < -0.39 is 0 Å². The fraction of sp³-hybridized carbons (Fsp3) is 0.400. The summed E-state index contributed by atoms with van der Waals surface area (Å²) in [5.74, 6) is 0.368. The summed E-state index contributed by atoms with van der Waals surface area (Å²) in [7, 11) is 0. The third kappa shape index (κ3) is 2.08. The molecular weight excluding hydrogens is 196 g/mol. The van der Waals surface area contributed by atoms with Gasteiger partial charge in [-0.3, -0.25) is 4.79 Å². The lowest BCUT2D eigenvalue weighted by Crippen LogP contribution is -2.23. The van der Waals surface area contributed by atoms with Crippen molar-refractivity contribution in [2.75, 3.05) is 0 Å². The largest absolute Gasteiger partial charge is 0.299 e. The number of benzene rings is 1. The molecule has 1 nitrogen and oxygen atoms in total. The molecule has 0 atom stereocenters. The summed E-state index contributed by atoms with van der Waals surface area (Å²) in [6, 6.07) is 10.5. The molecule has 0 unspecified atom stereocenters. The lowest BCUT2D eigenvalue weighted by molar-refractivity contribution is -0.118. The van der Waals surface area contributed by atoms with Crippen LogP contribution in [-0.2, 0) is 10.2 Å². The van der Waals surface area contributed by atoms with Crippen molar-refractivity contribution in [3.63, 3.8) is 0 Å². The van der Waals surface area contributed by atoms with Gasteiger partial charge in [-0.2, -0.15) is 0 Å². The summed E-state index contributed by atoms with van der Waals surface area (Å²) in [6.45, 7) is 4.48. The standard InChI is InChI=1S/C15H18O/c1-15(2,12-6-4-3-5-7-12)13-8-10-14(16)11-9-13/h3-8H,9-11H2,1-2H3. The predicted molar refractivity (Wildman–Crippen MR) is 66.4 cm³/mol. The number of carbonyl (C=O) groups excluding carboxylic acids is 1. The zero-order valence-electron chi connectivity index (χ0n) is 9.99. The van der Waals surface area contributed by atoms with Crippen LogP contribution in [0.5, 0.6) is 0 Å². The Hall–Kier alpha value is -1.37. The highest BCUT2D eigenvalue weighted by atomic mass is 16.1. The van der Waals surface area contributed by atoms with E-state index in [9.17, 15) is 4.79 Å². The second-order valence-electron chi connectivity index (χ2n) is 4.96. The first-order valence-electron chi connectivity index (χ1n) is 5.87. The zero-order valence-corrected chi connectivity index (χ0v) is 9.99. The van der Waals surface area contributed by atoms with Crippen molar-refractivity contribution in [1.29, 1.82) is 0 Å². The Morgan fingerprint density at radius 1 is 1.06 bits per heavy atom. The predicted octanol–water partition coefficient (Wildman–Crippen LogP) is 3.64. The molecule has 84 valence electrons. The van der Waals surface area contributed by atoms with E-state index in [-0.39, 0.29) is 5.41 Å². The maximum Gasteiger partial charge on any atom is 0.136 e. The van der Waals surface area contributed by atoms with E-state index in [0.717, 1.165) is 6.42 Å². The summed E-state index contributed by atoms with van der Waals surface area (Å²) < 4.78 is 0. The minimum atomic E-state index is 0.0575. The molecule has 2 rings (SSSR count). The van der Waals surface area contributed by atoms with Crippen LogP contribution in [0.2, 0.25) is 0 Å². The maximum atomic E-state index is 11.2. The van der Waals surface area contributed by atoms with Crippen molar-refractivity contribution < 1.29 is 4.79 Å². The van der Waals surface area contributed by atoms with Crippen LogP contribution in [0, 0.1) is 0 Å². The number of hydrogen-bond donors (Lipinski definition) is 0. The molecule has 0 radical (unpaired) electrons. The number of allylic oxidation sites excluding steroid dienone is 2. The van der Waals surface area contributed by atoms with Gasteiger partial charge in [0.2, 0.25) is 0 Å². The van der Waals surface area contributed by atoms with Gasteiger partial charge in [0.15, 0.2) is 0 Å². The highest BCUT2D eigenvalue weighted by Crippen LogP contribution is 2.36. The Bertz CT molecular complexity index is 412. The Morgan fingerprint density at radius 2 is 1.75 bits per heavy atom. The summed E-state index contributed by atoms with van der Waals surface area (Å²) in [5.41, 5.74) is 2.79. The molecule has 1 aromatic carbocycles. The van der Waals surface area contributed by atoms with Gasteiger partial charge in [-0.25, -0.2) is 0 Å². The van der Waals surface area contributed by atoms with Crippen LogP contribution >= 0.6 is 0 Å². The molecule has 0 bridgehead atoms. The molecule has 0 fully saturated rings. The normalized spacial score (nSPS) is 17.1. The summed E-state index contributed by atoms with van der Waals surface area (Å²) in [5, 5.41) is 0. The van der Waals surface area contributed by atoms with Crippen molar-refractivity contribution in [2.45, 2.75) is 38.5 Å². The molecule has 16 heavy (non-hydrogen) atoms. The van der Waals surface area contributed by atoms with Crippen LogP contribution in [0.15, 0.2) is 42.0 Å². The van der Waals surface area contributed by atoms with Crippen molar-refractivity contribution in [2.24, 2.45) is 0 Å². The molecule has 0 saturated carbocycles. The van der Waals surface area contributed by atoms with Crippen molar-refractivity contribution in [3.8, 4) is 0 Å². The van der Waals surface area contributed by atoms with Crippen molar-refractivity contribution in [1.82, 2.24) is 0 Å². The molecular formula is C15H18O. The first kappa shape index (κ1) is 11.1. The molecule has 1 heteroatoms. The van der Waals surface area contributed by atoms with E-state index in [2.05, 4.69) is 44.2 Å². The van der Waals surface area contributed by atoms with Gasteiger partial charge in [-0.1, -0.05) is 55.8 Å². The van der Waals surface area contributed by atoms with Gasteiger partial charge in [0.25, 0.3) is 0 Å². The quantitative estimate of drug-likeness (QED) is 0.687. The number of ketones is 1. The number of carbonyl (C=O) groups is 1. The smallest absolute Gasteiger partial charge is 0.136 e. The molecule has 0 heterocycles. The maximum absolute atomic E-state index is 11.2. The van der Waals surface area contributed by atoms with Crippen LogP contribution in [0.1, 0.15) is 38.7 Å². The first-order chi connectivity index (χ1) is 7.60. The SMILES string of the molecule is CC(C)(C1=CCC(=O)CC1)c1ccccc1. The highest BCUT2D eigenvalue weighted by molar-refractivity contribution is 5.81. The van der Waals surface area contributed by atoms with Crippen LogP contribution < -0.4 is 0 Å². The second-order valence-corrected chi connectivity index (χ2v) is 4.96. The Kier molecular flexibility index (Phi) is 2.95. The Balaban J connectivity index is 2.29. The van der Waals surface area contributed by atoms with Gasteiger partial charge in [-0.15, -0.1) is 0 Å². The van der Waals surface area contributed by atoms with Gasteiger partial charge in [-0.05, 0) is 12.0 Å².